The maximum absolute atomic E-state index is 13.0. The van der Waals surface area contributed by atoms with Crippen LogP contribution in [0.1, 0.15) is 18.4 Å². The zero-order valence-corrected chi connectivity index (χ0v) is 8.23. The molecule has 0 aliphatic carbocycles. The number of rotatable bonds is 1. The van der Waals surface area contributed by atoms with Gasteiger partial charge in [-0.05, 0) is 40.5 Å². The summed E-state index contributed by atoms with van der Waals surface area (Å²) in [6, 6.07) is 4.94. The Hall–Kier alpha value is -0.810. The molecule has 1 atom stereocenters. The van der Waals surface area contributed by atoms with Gasteiger partial charge in [0, 0.05) is 5.92 Å². The summed E-state index contributed by atoms with van der Waals surface area (Å²) in [5.41, 5.74) is 0.832. The number of benzene rings is 1. The third-order valence-corrected chi connectivity index (χ3v) is 2.34. The highest BCUT2D eigenvalue weighted by molar-refractivity contribution is 9.10. The van der Waals surface area contributed by atoms with Gasteiger partial charge in [0.15, 0.2) is 0 Å². The molecule has 1 unspecified atom stereocenters. The van der Waals surface area contributed by atoms with E-state index in [0.29, 0.717) is 4.47 Å². The highest BCUT2D eigenvalue weighted by atomic mass is 79.9. The van der Waals surface area contributed by atoms with Crippen molar-refractivity contribution in [1.82, 2.24) is 0 Å². The summed E-state index contributed by atoms with van der Waals surface area (Å²) in [6.07, 6.45) is 5.21. The van der Waals surface area contributed by atoms with E-state index in [4.69, 9.17) is 6.42 Å². The van der Waals surface area contributed by atoms with Crippen molar-refractivity contribution in [3.8, 4) is 12.3 Å². The van der Waals surface area contributed by atoms with Crippen molar-refractivity contribution < 1.29 is 4.39 Å². The van der Waals surface area contributed by atoms with Crippen LogP contribution in [0, 0.1) is 18.2 Å². The monoisotopic (exact) mass is 226 g/mol. The molecule has 0 fully saturated rings. The van der Waals surface area contributed by atoms with Gasteiger partial charge in [-0.15, -0.1) is 6.42 Å². The summed E-state index contributed by atoms with van der Waals surface area (Å²) >= 11 is 3.07. The standard InChI is InChI=1S/C10H8BrF/c1-3-7(2)8-4-5-9(11)10(12)6-8/h1,4-7H,2H3. The second-order valence-corrected chi connectivity index (χ2v) is 3.42. The predicted octanol–water partition coefficient (Wildman–Crippen LogP) is 3.32. The van der Waals surface area contributed by atoms with E-state index in [9.17, 15) is 4.39 Å². The lowest BCUT2D eigenvalue weighted by Crippen LogP contribution is -1.90. The van der Waals surface area contributed by atoms with E-state index >= 15 is 0 Å². The quantitative estimate of drug-likeness (QED) is 0.645. The maximum Gasteiger partial charge on any atom is 0.137 e. The first-order valence-electron chi connectivity index (χ1n) is 3.56. The summed E-state index contributed by atoms with van der Waals surface area (Å²) in [5.74, 6) is 2.24. The first kappa shape index (κ1) is 9.28. The Morgan fingerprint density at radius 3 is 2.75 bits per heavy atom. The van der Waals surface area contributed by atoms with Crippen LogP contribution >= 0.6 is 15.9 Å². The summed E-state index contributed by atoms with van der Waals surface area (Å²) in [6.45, 7) is 1.86. The molecule has 1 rings (SSSR count). The van der Waals surface area contributed by atoms with Gasteiger partial charge in [0.05, 0.1) is 4.47 Å². The topological polar surface area (TPSA) is 0 Å². The zero-order valence-electron chi connectivity index (χ0n) is 6.64. The van der Waals surface area contributed by atoms with Crippen LogP contribution in [0.15, 0.2) is 22.7 Å². The number of terminal acetylenes is 1. The van der Waals surface area contributed by atoms with Gasteiger partial charge in [0.25, 0.3) is 0 Å². The minimum absolute atomic E-state index is 0.0346. The normalized spacial score (nSPS) is 12.2. The molecule has 0 heterocycles. The SMILES string of the molecule is C#CC(C)c1ccc(Br)c(F)c1. The van der Waals surface area contributed by atoms with E-state index in [1.807, 2.05) is 13.0 Å². The molecule has 0 N–H and O–H groups in total. The third kappa shape index (κ3) is 1.86. The third-order valence-electron chi connectivity index (χ3n) is 1.69. The fraction of sp³-hybridized carbons (Fsp3) is 0.200. The van der Waals surface area contributed by atoms with Crippen molar-refractivity contribution in [3.05, 3.63) is 34.1 Å². The van der Waals surface area contributed by atoms with Gasteiger partial charge in [-0.3, -0.25) is 0 Å². The van der Waals surface area contributed by atoms with Crippen LogP contribution in [0.5, 0.6) is 0 Å². The molecule has 0 aliphatic rings. The highest BCUT2D eigenvalue weighted by Gasteiger charge is 2.04. The Labute approximate surface area is 79.9 Å². The number of hydrogen-bond acceptors (Lipinski definition) is 0. The second-order valence-electron chi connectivity index (χ2n) is 2.56. The minimum Gasteiger partial charge on any atom is -0.206 e. The summed E-state index contributed by atoms with van der Waals surface area (Å²) in [5, 5.41) is 0. The van der Waals surface area contributed by atoms with Crippen LogP contribution in [0.3, 0.4) is 0 Å². The van der Waals surface area contributed by atoms with Gasteiger partial charge in [0.1, 0.15) is 5.82 Å². The van der Waals surface area contributed by atoms with E-state index in [0.717, 1.165) is 5.56 Å². The summed E-state index contributed by atoms with van der Waals surface area (Å²) in [7, 11) is 0. The van der Waals surface area contributed by atoms with Crippen molar-refractivity contribution in [3.63, 3.8) is 0 Å². The Balaban J connectivity index is 3.06. The van der Waals surface area contributed by atoms with Gasteiger partial charge in [0.2, 0.25) is 0 Å². The van der Waals surface area contributed by atoms with Crippen molar-refractivity contribution in [2.75, 3.05) is 0 Å². The lowest BCUT2D eigenvalue weighted by atomic mass is 10.0. The molecule has 62 valence electrons. The van der Waals surface area contributed by atoms with E-state index in [1.54, 1.807) is 6.07 Å². The van der Waals surface area contributed by atoms with Gasteiger partial charge < -0.3 is 0 Å². The molecule has 0 nitrogen and oxygen atoms in total. The van der Waals surface area contributed by atoms with Crippen LogP contribution < -0.4 is 0 Å². The molecule has 2 heteroatoms. The molecule has 0 aliphatic heterocycles. The van der Waals surface area contributed by atoms with Crippen LogP contribution in [-0.2, 0) is 0 Å². The highest BCUT2D eigenvalue weighted by Crippen LogP contribution is 2.21. The summed E-state index contributed by atoms with van der Waals surface area (Å²) < 4.78 is 13.4. The van der Waals surface area contributed by atoms with E-state index < -0.39 is 0 Å². The molecular weight excluding hydrogens is 219 g/mol. The largest absolute Gasteiger partial charge is 0.206 e. The van der Waals surface area contributed by atoms with Crippen molar-refractivity contribution in [1.29, 1.82) is 0 Å². The number of hydrogen-bond donors (Lipinski definition) is 0. The van der Waals surface area contributed by atoms with Gasteiger partial charge in [-0.2, -0.15) is 0 Å². The first-order chi connectivity index (χ1) is 5.65. The molecule has 0 aromatic heterocycles. The van der Waals surface area contributed by atoms with Crippen molar-refractivity contribution >= 4 is 15.9 Å². The molecule has 0 saturated carbocycles. The molecule has 12 heavy (non-hydrogen) atoms. The molecule has 1 aromatic rings. The first-order valence-corrected chi connectivity index (χ1v) is 4.35. The van der Waals surface area contributed by atoms with Crippen LogP contribution in [0.4, 0.5) is 4.39 Å². The molecule has 1 aromatic carbocycles. The van der Waals surface area contributed by atoms with Crippen LogP contribution in [0.25, 0.3) is 0 Å². The molecule has 0 spiro atoms. The molecule has 0 amide bonds. The Bertz CT molecular complexity index is 325. The molecule has 0 radical (unpaired) electrons. The fourth-order valence-corrected chi connectivity index (χ4v) is 1.12. The minimum atomic E-state index is -0.269. The van der Waals surface area contributed by atoms with Gasteiger partial charge in [-0.25, -0.2) is 4.39 Å². The van der Waals surface area contributed by atoms with E-state index in [1.165, 1.54) is 6.07 Å². The Morgan fingerprint density at radius 2 is 2.25 bits per heavy atom. The van der Waals surface area contributed by atoms with Crippen molar-refractivity contribution in [2.24, 2.45) is 0 Å². The van der Waals surface area contributed by atoms with Crippen LogP contribution in [-0.4, -0.2) is 0 Å². The zero-order chi connectivity index (χ0) is 9.14. The lowest BCUT2D eigenvalue weighted by Gasteiger charge is -2.04. The van der Waals surface area contributed by atoms with Crippen molar-refractivity contribution in [2.45, 2.75) is 12.8 Å². The maximum atomic E-state index is 13.0. The Kier molecular flexibility index (Phi) is 2.88. The van der Waals surface area contributed by atoms with Gasteiger partial charge >= 0.3 is 0 Å². The smallest absolute Gasteiger partial charge is 0.137 e. The predicted molar refractivity (Wildman–Crippen MR) is 51.3 cm³/mol. The second kappa shape index (κ2) is 3.73. The molecule has 0 saturated heterocycles. The van der Waals surface area contributed by atoms with Crippen LogP contribution in [0.2, 0.25) is 0 Å². The summed E-state index contributed by atoms with van der Waals surface area (Å²) in [4.78, 5) is 0. The number of halogens is 2. The average molecular weight is 227 g/mol. The lowest BCUT2D eigenvalue weighted by molar-refractivity contribution is 0.618. The van der Waals surface area contributed by atoms with E-state index in [-0.39, 0.29) is 11.7 Å². The van der Waals surface area contributed by atoms with Gasteiger partial charge in [-0.1, -0.05) is 12.0 Å². The average Bonchev–Trinajstić information content (AvgIpc) is 2.08. The van der Waals surface area contributed by atoms with E-state index in [2.05, 4.69) is 21.9 Å². The molecule has 0 bridgehead atoms. The molecular formula is C10H8BrF. The Morgan fingerprint density at radius 1 is 1.58 bits per heavy atom. The fourth-order valence-electron chi connectivity index (χ4n) is 0.878.